The van der Waals surface area contributed by atoms with E-state index < -0.39 is 11.6 Å². The Balaban J connectivity index is 1.92. The minimum atomic E-state index is -0.948. The summed E-state index contributed by atoms with van der Waals surface area (Å²) in [6, 6.07) is 3.33. The van der Waals surface area contributed by atoms with Crippen molar-refractivity contribution in [2.45, 2.75) is 25.0 Å². The first-order valence-electron chi connectivity index (χ1n) is 6.44. The fourth-order valence-corrected chi connectivity index (χ4v) is 2.20. The number of methoxy groups -OCH3 is 1. The number of carbonyl (C=O) groups excluding carboxylic acids is 1. The van der Waals surface area contributed by atoms with Gasteiger partial charge in [-0.05, 0) is 24.1 Å². The lowest BCUT2D eigenvalue weighted by atomic mass is 10.1. The van der Waals surface area contributed by atoms with Crippen molar-refractivity contribution >= 4 is 5.91 Å². The van der Waals surface area contributed by atoms with Gasteiger partial charge in [0.05, 0.1) is 19.1 Å². The number of amides is 1. The molecule has 0 aliphatic carbocycles. The molecular weight excluding hydrogens is 268 g/mol. The van der Waals surface area contributed by atoms with Crippen LogP contribution in [-0.4, -0.2) is 38.4 Å². The van der Waals surface area contributed by atoms with Crippen LogP contribution in [0.15, 0.2) is 18.2 Å². The van der Waals surface area contributed by atoms with Gasteiger partial charge in [0.1, 0.15) is 6.10 Å². The van der Waals surface area contributed by atoms with Gasteiger partial charge < -0.3 is 14.8 Å². The zero-order chi connectivity index (χ0) is 14.5. The molecule has 0 radical (unpaired) electrons. The molecule has 1 aromatic rings. The normalized spacial score (nSPS) is 22.6. The number of nitrogens with one attached hydrogen (secondary N) is 1. The molecule has 1 aromatic carbocycles. The topological polar surface area (TPSA) is 47.6 Å². The molecule has 1 amide bonds. The van der Waals surface area contributed by atoms with Gasteiger partial charge in [0.15, 0.2) is 11.6 Å². The monoisotopic (exact) mass is 285 g/mol. The summed E-state index contributed by atoms with van der Waals surface area (Å²) in [5.74, 6) is -2.11. The number of rotatable bonds is 4. The Labute approximate surface area is 116 Å². The van der Waals surface area contributed by atoms with Gasteiger partial charge in [0, 0.05) is 13.7 Å². The highest BCUT2D eigenvalue weighted by molar-refractivity contribution is 5.78. The lowest BCUT2D eigenvalue weighted by Crippen LogP contribution is -2.50. The molecule has 1 aliphatic rings. The molecule has 0 unspecified atom stereocenters. The lowest BCUT2D eigenvalue weighted by Gasteiger charge is -2.31. The second-order valence-corrected chi connectivity index (χ2v) is 4.74. The van der Waals surface area contributed by atoms with E-state index in [1.807, 2.05) is 0 Å². The highest BCUT2D eigenvalue weighted by Crippen LogP contribution is 2.12. The molecule has 4 nitrogen and oxygen atoms in total. The van der Waals surface area contributed by atoms with Crippen LogP contribution in [0.25, 0.3) is 0 Å². The van der Waals surface area contributed by atoms with E-state index >= 15 is 0 Å². The zero-order valence-corrected chi connectivity index (χ0v) is 11.2. The molecule has 1 fully saturated rings. The molecule has 20 heavy (non-hydrogen) atoms. The number of benzene rings is 1. The van der Waals surface area contributed by atoms with Crippen molar-refractivity contribution < 1.29 is 23.0 Å². The van der Waals surface area contributed by atoms with Crippen LogP contribution < -0.4 is 5.32 Å². The predicted molar refractivity (Wildman–Crippen MR) is 68.2 cm³/mol. The second-order valence-electron chi connectivity index (χ2n) is 4.74. The molecule has 2 atom stereocenters. The van der Waals surface area contributed by atoms with Crippen molar-refractivity contribution in [1.29, 1.82) is 0 Å². The van der Waals surface area contributed by atoms with Gasteiger partial charge in [0.2, 0.25) is 5.91 Å². The van der Waals surface area contributed by atoms with Crippen LogP contribution in [0.2, 0.25) is 0 Å². The van der Waals surface area contributed by atoms with Crippen molar-refractivity contribution in [3.8, 4) is 0 Å². The van der Waals surface area contributed by atoms with Crippen LogP contribution >= 0.6 is 0 Å². The SMILES string of the molecule is CO[C@@H]1COCC[C@H]1NC(=O)Cc1ccc(F)c(F)c1. The van der Waals surface area contributed by atoms with Crippen LogP contribution in [0.1, 0.15) is 12.0 Å². The van der Waals surface area contributed by atoms with Crippen LogP contribution in [0.5, 0.6) is 0 Å². The summed E-state index contributed by atoms with van der Waals surface area (Å²) in [5, 5.41) is 2.84. The molecular formula is C14H17F2NO3. The smallest absolute Gasteiger partial charge is 0.224 e. The minimum absolute atomic E-state index is 0.00495. The molecule has 2 rings (SSSR count). The highest BCUT2D eigenvalue weighted by Gasteiger charge is 2.26. The van der Waals surface area contributed by atoms with Crippen LogP contribution in [-0.2, 0) is 20.7 Å². The molecule has 0 spiro atoms. The number of ether oxygens (including phenoxy) is 2. The summed E-state index contributed by atoms with van der Waals surface area (Å²) >= 11 is 0. The van der Waals surface area contributed by atoms with Crippen LogP contribution in [0.4, 0.5) is 8.78 Å². The third-order valence-electron chi connectivity index (χ3n) is 3.30. The molecule has 1 heterocycles. The fourth-order valence-electron chi connectivity index (χ4n) is 2.20. The summed E-state index contributed by atoms with van der Waals surface area (Å²) in [6.07, 6.45) is 0.491. The van der Waals surface area contributed by atoms with Gasteiger partial charge in [-0.15, -0.1) is 0 Å². The summed E-state index contributed by atoms with van der Waals surface area (Å²) in [4.78, 5) is 11.9. The van der Waals surface area contributed by atoms with Gasteiger partial charge in [-0.3, -0.25) is 4.79 Å². The molecule has 0 aromatic heterocycles. The van der Waals surface area contributed by atoms with Crippen molar-refractivity contribution in [3.63, 3.8) is 0 Å². The number of halogens is 2. The van der Waals surface area contributed by atoms with Gasteiger partial charge in [-0.25, -0.2) is 8.78 Å². The number of hydrogen-bond donors (Lipinski definition) is 1. The third-order valence-corrected chi connectivity index (χ3v) is 3.30. The Hall–Kier alpha value is -1.53. The Kier molecular flexibility index (Phi) is 5.03. The van der Waals surface area contributed by atoms with E-state index in [1.54, 1.807) is 7.11 Å². The number of hydrogen-bond acceptors (Lipinski definition) is 3. The highest BCUT2D eigenvalue weighted by atomic mass is 19.2. The Bertz CT molecular complexity index is 481. The first-order chi connectivity index (χ1) is 9.60. The van der Waals surface area contributed by atoms with Crippen molar-refractivity contribution in [1.82, 2.24) is 5.32 Å². The quantitative estimate of drug-likeness (QED) is 0.910. The van der Waals surface area contributed by atoms with E-state index in [-0.39, 0.29) is 24.5 Å². The third kappa shape index (κ3) is 3.74. The summed E-state index contributed by atoms with van der Waals surface area (Å²) in [5.41, 5.74) is 0.433. The molecule has 0 saturated carbocycles. The van der Waals surface area contributed by atoms with E-state index in [2.05, 4.69) is 5.32 Å². The maximum Gasteiger partial charge on any atom is 0.224 e. The molecule has 1 N–H and O–H groups in total. The van der Waals surface area contributed by atoms with Crippen LogP contribution in [0.3, 0.4) is 0 Å². The Morgan fingerprint density at radius 1 is 1.45 bits per heavy atom. The molecule has 6 heteroatoms. The van der Waals surface area contributed by atoms with E-state index in [9.17, 15) is 13.6 Å². The van der Waals surface area contributed by atoms with Crippen LogP contribution in [0, 0.1) is 11.6 Å². The molecule has 1 aliphatic heterocycles. The molecule has 1 saturated heterocycles. The first kappa shape index (κ1) is 14.9. The van der Waals surface area contributed by atoms with E-state index in [0.717, 1.165) is 12.1 Å². The van der Waals surface area contributed by atoms with Crippen molar-refractivity contribution in [2.24, 2.45) is 0 Å². The average molecular weight is 285 g/mol. The van der Waals surface area contributed by atoms with Gasteiger partial charge >= 0.3 is 0 Å². The standard InChI is InChI=1S/C14H17F2NO3/c1-19-13-8-20-5-4-12(13)17-14(18)7-9-2-3-10(15)11(16)6-9/h2-3,6,12-13H,4-5,7-8H2,1H3,(H,17,18)/t12-,13-/m1/s1. The maximum absolute atomic E-state index is 13.1. The summed E-state index contributed by atoms with van der Waals surface area (Å²) < 4.78 is 36.4. The predicted octanol–water partition coefficient (Wildman–Crippen LogP) is 1.43. The van der Waals surface area contributed by atoms with E-state index in [0.29, 0.717) is 25.2 Å². The zero-order valence-electron chi connectivity index (χ0n) is 11.2. The first-order valence-corrected chi connectivity index (χ1v) is 6.44. The second kappa shape index (κ2) is 6.76. The molecule has 110 valence electrons. The maximum atomic E-state index is 13.1. The fraction of sp³-hybridized carbons (Fsp3) is 0.500. The van der Waals surface area contributed by atoms with Crippen molar-refractivity contribution in [3.05, 3.63) is 35.4 Å². The van der Waals surface area contributed by atoms with Gasteiger partial charge in [-0.1, -0.05) is 6.07 Å². The minimum Gasteiger partial charge on any atom is -0.379 e. The average Bonchev–Trinajstić information content (AvgIpc) is 2.43. The summed E-state index contributed by atoms with van der Waals surface area (Å²) in [6.45, 7) is 1.00. The lowest BCUT2D eigenvalue weighted by molar-refractivity contribution is -0.124. The van der Waals surface area contributed by atoms with E-state index in [1.165, 1.54) is 6.07 Å². The Morgan fingerprint density at radius 2 is 2.25 bits per heavy atom. The van der Waals surface area contributed by atoms with Crippen molar-refractivity contribution in [2.75, 3.05) is 20.3 Å². The van der Waals surface area contributed by atoms with Gasteiger partial charge in [0.25, 0.3) is 0 Å². The molecule has 0 bridgehead atoms. The van der Waals surface area contributed by atoms with E-state index in [4.69, 9.17) is 9.47 Å². The Morgan fingerprint density at radius 3 is 2.95 bits per heavy atom. The number of carbonyl (C=O) groups is 1. The summed E-state index contributed by atoms with van der Waals surface area (Å²) in [7, 11) is 1.56. The largest absolute Gasteiger partial charge is 0.379 e. The van der Waals surface area contributed by atoms with Gasteiger partial charge in [-0.2, -0.15) is 0 Å².